The van der Waals surface area contributed by atoms with Gasteiger partial charge in [-0.05, 0) is 49.6 Å². The molecule has 0 aromatic heterocycles. The van der Waals surface area contributed by atoms with Crippen molar-refractivity contribution in [1.29, 1.82) is 0 Å². The number of ether oxygens (including phenoxy) is 1. The number of esters is 1. The van der Waals surface area contributed by atoms with Crippen molar-refractivity contribution < 1.29 is 19.1 Å². The SMILES string of the molecule is Cc1ccc(N2C[C@@H](C(=O)OCC(=O)N[C@@H](C)c3ccccc3)CC2=O)cc1C. The first kappa shape index (κ1) is 20.6. The van der Waals surface area contributed by atoms with E-state index in [1.807, 2.05) is 69.3 Å². The third-order valence-electron chi connectivity index (χ3n) is 5.28. The smallest absolute Gasteiger partial charge is 0.311 e. The summed E-state index contributed by atoms with van der Waals surface area (Å²) in [6, 6.07) is 15.1. The molecule has 0 aliphatic carbocycles. The van der Waals surface area contributed by atoms with E-state index in [0.29, 0.717) is 0 Å². The van der Waals surface area contributed by atoms with Crippen molar-refractivity contribution in [3.8, 4) is 0 Å². The van der Waals surface area contributed by atoms with Crippen LogP contribution in [0.1, 0.15) is 36.1 Å². The number of aryl methyl sites for hydroxylation is 2. The zero-order valence-corrected chi connectivity index (χ0v) is 17.0. The fraction of sp³-hybridized carbons (Fsp3) is 0.348. The third kappa shape index (κ3) is 5.02. The van der Waals surface area contributed by atoms with Crippen LogP contribution in [0.4, 0.5) is 5.69 Å². The van der Waals surface area contributed by atoms with Gasteiger partial charge in [0.15, 0.2) is 6.61 Å². The molecule has 152 valence electrons. The van der Waals surface area contributed by atoms with E-state index in [1.54, 1.807) is 4.90 Å². The lowest BCUT2D eigenvalue weighted by Gasteiger charge is -2.18. The monoisotopic (exact) mass is 394 g/mol. The van der Waals surface area contributed by atoms with Crippen molar-refractivity contribution in [1.82, 2.24) is 5.32 Å². The van der Waals surface area contributed by atoms with Crippen LogP contribution in [0.2, 0.25) is 0 Å². The van der Waals surface area contributed by atoms with Gasteiger partial charge < -0.3 is 15.0 Å². The molecule has 2 aromatic carbocycles. The Bertz CT molecular complexity index is 910. The maximum atomic E-state index is 12.4. The van der Waals surface area contributed by atoms with E-state index in [1.165, 1.54) is 0 Å². The molecule has 29 heavy (non-hydrogen) atoms. The van der Waals surface area contributed by atoms with Gasteiger partial charge in [0, 0.05) is 18.7 Å². The molecule has 1 fully saturated rings. The van der Waals surface area contributed by atoms with E-state index < -0.39 is 11.9 Å². The molecule has 0 bridgehead atoms. The normalized spacial score (nSPS) is 17.1. The van der Waals surface area contributed by atoms with Gasteiger partial charge >= 0.3 is 5.97 Å². The molecule has 0 saturated carbocycles. The number of carbonyl (C=O) groups excluding carboxylic acids is 3. The average molecular weight is 394 g/mol. The summed E-state index contributed by atoms with van der Waals surface area (Å²) in [5, 5.41) is 2.80. The molecule has 6 nitrogen and oxygen atoms in total. The number of nitrogens with zero attached hydrogens (tertiary/aromatic N) is 1. The van der Waals surface area contributed by atoms with Crippen LogP contribution in [0.15, 0.2) is 48.5 Å². The number of hydrogen-bond donors (Lipinski definition) is 1. The van der Waals surface area contributed by atoms with E-state index in [0.717, 1.165) is 22.4 Å². The van der Waals surface area contributed by atoms with Gasteiger partial charge in [-0.2, -0.15) is 0 Å². The average Bonchev–Trinajstić information content (AvgIpc) is 3.10. The second-order valence-electron chi connectivity index (χ2n) is 7.48. The van der Waals surface area contributed by atoms with Crippen LogP contribution in [0.5, 0.6) is 0 Å². The van der Waals surface area contributed by atoms with Gasteiger partial charge in [-0.25, -0.2) is 0 Å². The standard InChI is InChI=1S/C23H26N2O4/c1-15-9-10-20(11-16(15)2)25-13-19(12-22(25)27)23(28)29-14-21(26)24-17(3)18-7-5-4-6-8-18/h4-11,17,19H,12-14H2,1-3H3,(H,24,26)/t17-,19-/m0/s1. The molecule has 1 heterocycles. The van der Waals surface area contributed by atoms with Crippen LogP contribution in [-0.2, 0) is 19.1 Å². The van der Waals surface area contributed by atoms with Gasteiger partial charge in [-0.3, -0.25) is 14.4 Å². The molecule has 6 heteroatoms. The summed E-state index contributed by atoms with van der Waals surface area (Å²) in [5.74, 6) is -1.57. The highest BCUT2D eigenvalue weighted by molar-refractivity contribution is 5.99. The fourth-order valence-corrected chi connectivity index (χ4v) is 3.37. The molecule has 1 aliphatic heterocycles. The Morgan fingerprint density at radius 3 is 2.55 bits per heavy atom. The first-order valence-corrected chi connectivity index (χ1v) is 9.73. The Balaban J connectivity index is 1.51. The maximum absolute atomic E-state index is 12.4. The zero-order chi connectivity index (χ0) is 21.0. The largest absolute Gasteiger partial charge is 0.455 e. The second kappa shape index (κ2) is 8.90. The number of nitrogens with one attached hydrogen (secondary N) is 1. The number of anilines is 1. The Labute approximate surface area is 170 Å². The summed E-state index contributed by atoms with van der Waals surface area (Å²) in [7, 11) is 0. The molecule has 3 rings (SSSR count). The third-order valence-corrected chi connectivity index (χ3v) is 5.28. The lowest BCUT2D eigenvalue weighted by molar-refractivity contribution is -0.152. The number of hydrogen-bond acceptors (Lipinski definition) is 4. The number of carbonyl (C=O) groups is 3. The van der Waals surface area contributed by atoms with Crippen molar-refractivity contribution in [3.63, 3.8) is 0 Å². The highest BCUT2D eigenvalue weighted by atomic mass is 16.5. The van der Waals surface area contributed by atoms with Crippen LogP contribution in [0.3, 0.4) is 0 Å². The van der Waals surface area contributed by atoms with Crippen molar-refractivity contribution in [2.75, 3.05) is 18.1 Å². The molecule has 1 aliphatic rings. The Kier molecular flexibility index (Phi) is 6.32. The van der Waals surface area contributed by atoms with Crippen molar-refractivity contribution >= 4 is 23.5 Å². The van der Waals surface area contributed by atoms with Crippen LogP contribution < -0.4 is 10.2 Å². The van der Waals surface area contributed by atoms with Crippen molar-refractivity contribution in [2.45, 2.75) is 33.2 Å². The van der Waals surface area contributed by atoms with Gasteiger partial charge in [-0.1, -0.05) is 36.4 Å². The van der Waals surface area contributed by atoms with E-state index in [-0.39, 0.29) is 37.4 Å². The lowest BCUT2D eigenvalue weighted by atomic mass is 10.1. The molecule has 2 aromatic rings. The van der Waals surface area contributed by atoms with Gasteiger partial charge in [0.2, 0.25) is 5.91 Å². The van der Waals surface area contributed by atoms with Gasteiger partial charge in [0.25, 0.3) is 5.91 Å². The van der Waals surface area contributed by atoms with Crippen molar-refractivity contribution in [2.24, 2.45) is 5.92 Å². The minimum absolute atomic E-state index is 0.0911. The maximum Gasteiger partial charge on any atom is 0.311 e. The predicted octanol–water partition coefficient (Wildman–Crippen LogP) is 3.08. The minimum Gasteiger partial charge on any atom is -0.455 e. The summed E-state index contributed by atoms with van der Waals surface area (Å²) in [5.41, 5.74) is 3.98. The van der Waals surface area contributed by atoms with Gasteiger partial charge in [-0.15, -0.1) is 0 Å². The van der Waals surface area contributed by atoms with Crippen molar-refractivity contribution in [3.05, 3.63) is 65.2 Å². The topological polar surface area (TPSA) is 75.7 Å². The summed E-state index contributed by atoms with van der Waals surface area (Å²) in [4.78, 5) is 38.4. The van der Waals surface area contributed by atoms with E-state index in [9.17, 15) is 14.4 Å². The highest BCUT2D eigenvalue weighted by Crippen LogP contribution is 2.27. The van der Waals surface area contributed by atoms with E-state index in [4.69, 9.17) is 4.74 Å². The lowest BCUT2D eigenvalue weighted by Crippen LogP contribution is -2.32. The Morgan fingerprint density at radius 2 is 1.86 bits per heavy atom. The van der Waals surface area contributed by atoms with Crippen LogP contribution in [0.25, 0.3) is 0 Å². The van der Waals surface area contributed by atoms with Gasteiger partial charge in [0.1, 0.15) is 0 Å². The van der Waals surface area contributed by atoms with Crippen LogP contribution in [-0.4, -0.2) is 30.9 Å². The molecule has 0 radical (unpaired) electrons. The minimum atomic E-state index is -0.566. The summed E-state index contributed by atoms with van der Waals surface area (Å²) in [6.07, 6.45) is 0.0911. The molecule has 0 spiro atoms. The van der Waals surface area contributed by atoms with E-state index >= 15 is 0 Å². The summed E-state index contributed by atoms with van der Waals surface area (Å²) < 4.78 is 5.17. The van der Waals surface area contributed by atoms with Gasteiger partial charge in [0.05, 0.1) is 12.0 Å². The molecule has 1 N–H and O–H groups in total. The van der Waals surface area contributed by atoms with Crippen LogP contribution in [0, 0.1) is 19.8 Å². The Hall–Kier alpha value is -3.15. The summed E-state index contributed by atoms with van der Waals surface area (Å²) >= 11 is 0. The molecule has 0 unspecified atom stereocenters. The highest BCUT2D eigenvalue weighted by Gasteiger charge is 2.36. The zero-order valence-electron chi connectivity index (χ0n) is 17.0. The molecular formula is C23H26N2O4. The Morgan fingerprint density at radius 1 is 1.14 bits per heavy atom. The molecule has 2 atom stereocenters. The fourth-order valence-electron chi connectivity index (χ4n) is 3.37. The first-order valence-electron chi connectivity index (χ1n) is 9.73. The molecule has 2 amide bonds. The van der Waals surface area contributed by atoms with E-state index in [2.05, 4.69) is 5.32 Å². The predicted molar refractivity (Wildman–Crippen MR) is 110 cm³/mol. The number of benzene rings is 2. The summed E-state index contributed by atoms with van der Waals surface area (Å²) in [6.45, 7) is 5.77. The first-order chi connectivity index (χ1) is 13.8. The second-order valence-corrected chi connectivity index (χ2v) is 7.48. The van der Waals surface area contributed by atoms with Crippen LogP contribution >= 0.6 is 0 Å². The number of rotatable bonds is 6. The molecule has 1 saturated heterocycles. The molecular weight excluding hydrogens is 368 g/mol. The number of amides is 2. The quantitative estimate of drug-likeness (QED) is 0.764.